The van der Waals surface area contributed by atoms with Crippen LogP contribution < -0.4 is 10.6 Å². The van der Waals surface area contributed by atoms with E-state index in [2.05, 4.69) is 10.6 Å². The molecular formula is C20H31N3O2. The maximum absolute atomic E-state index is 13.2. The van der Waals surface area contributed by atoms with Gasteiger partial charge in [-0.15, -0.1) is 0 Å². The monoisotopic (exact) mass is 345 g/mol. The van der Waals surface area contributed by atoms with Gasteiger partial charge in [-0.2, -0.15) is 0 Å². The SMILES string of the molecule is CC(C)NC(=O)C1CCCN1C(=O)C(Cc1ccccc1)NC(C)C. The molecule has 0 bridgehead atoms. The largest absolute Gasteiger partial charge is 0.352 e. The van der Waals surface area contributed by atoms with E-state index in [1.165, 1.54) is 0 Å². The minimum absolute atomic E-state index is 0.0268. The van der Waals surface area contributed by atoms with Gasteiger partial charge >= 0.3 is 0 Å². The highest BCUT2D eigenvalue weighted by Gasteiger charge is 2.37. The minimum Gasteiger partial charge on any atom is -0.352 e. The molecule has 2 atom stereocenters. The van der Waals surface area contributed by atoms with Crippen LogP contribution in [0.4, 0.5) is 0 Å². The van der Waals surface area contributed by atoms with Gasteiger partial charge in [-0.3, -0.25) is 9.59 Å². The van der Waals surface area contributed by atoms with Crippen molar-refractivity contribution in [3.05, 3.63) is 35.9 Å². The molecular weight excluding hydrogens is 314 g/mol. The summed E-state index contributed by atoms with van der Waals surface area (Å²) in [5, 5.41) is 6.33. The fraction of sp³-hybridized carbons (Fsp3) is 0.600. The van der Waals surface area contributed by atoms with Crippen molar-refractivity contribution in [2.24, 2.45) is 0 Å². The smallest absolute Gasteiger partial charge is 0.243 e. The topological polar surface area (TPSA) is 61.4 Å². The van der Waals surface area contributed by atoms with E-state index in [0.717, 1.165) is 18.4 Å². The lowest BCUT2D eigenvalue weighted by Gasteiger charge is -2.30. The number of hydrogen-bond acceptors (Lipinski definition) is 3. The summed E-state index contributed by atoms with van der Waals surface area (Å²) in [6, 6.07) is 9.65. The first-order valence-corrected chi connectivity index (χ1v) is 9.29. The average Bonchev–Trinajstić information content (AvgIpc) is 3.03. The number of nitrogens with zero attached hydrogens (tertiary/aromatic N) is 1. The molecule has 2 N–H and O–H groups in total. The number of rotatable bonds is 7. The lowest BCUT2D eigenvalue weighted by atomic mass is 10.0. The fourth-order valence-electron chi connectivity index (χ4n) is 3.35. The molecule has 1 saturated heterocycles. The third-order valence-electron chi connectivity index (χ3n) is 4.38. The lowest BCUT2D eigenvalue weighted by molar-refractivity contribution is -0.140. The zero-order valence-corrected chi connectivity index (χ0v) is 15.8. The molecule has 25 heavy (non-hydrogen) atoms. The van der Waals surface area contributed by atoms with Crippen LogP contribution in [0.1, 0.15) is 46.1 Å². The highest BCUT2D eigenvalue weighted by molar-refractivity contribution is 5.90. The van der Waals surface area contributed by atoms with Crippen LogP contribution in [0.25, 0.3) is 0 Å². The molecule has 1 aliphatic heterocycles. The quantitative estimate of drug-likeness (QED) is 0.796. The Balaban J connectivity index is 2.12. The predicted octanol–water partition coefficient (Wildman–Crippen LogP) is 2.11. The Labute approximate surface area is 151 Å². The van der Waals surface area contributed by atoms with Gasteiger partial charge in [0.15, 0.2) is 0 Å². The van der Waals surface area contributed by atoms with Gasteiger partial charge in [-0.1, -0.05) is 44.2 Å². The first-order chi connectivity index (χ1) is 11.9. The molecule has 1 aliphatic rings. The number of amides is 2. The summed E-state index contributed by atoms with van der Waals surface area (Å²) in [7, 11) is 0. The van der Waals surface area contributed by atoms with Crippen molar-refractivity contribution in [1.29, 1.82) is 0 Å². The highest BCUT2D eigenvalue weighted by atomic mass is 16.2. The number of benzene rings is 1. The second-order valence-electron chi connectivity index (χ2n) is 7.42. The summed E-state index contributed by atoms with van der Waals surface area (Å²) in [4.78, 5) is 27.4. The second-order valence-corrected chi connectivity index (χ2v) is 7.42. The number of carbonyl (C=O) groups is 2. The van der Waals surface area contributed by atoms with Crippen molar-refractivity contribution in [1.82, 2.24) is 15.5 Å². The van der Waals surface area contributed by atoms with E-state index >= 15 is 0 Å². The van der Waals surface area contributed by atoms with Crippen molar-refractivity contribution in [3.8, 4) is 0 Å². The van der Waals surface area contributed by atoms with Crippen LogP contribution in [0, 0.1) is 0 Å². The van der Waals surface area contributed by atoms with Gasteiger partial charge in [0.1, 0.15) is 6.04 Å². The maximum atomic E-state index is 13.2. The van der Waals surface area contributed by atoms with Crippen LogP contribution in [0.5, 0.6) is 0 Å². The Bertz CT molecular complexity index is 572. The average molecular weight is 345 g/mol. The summed E-state index contributed by atoms with van der Waals surface area (Å²) < 4.78 is 0. The number of nitrogens with one attached hydrogen (secondary N) is 2. The maximum Gasteiger partial charge on any atom is 0.243 e. The predicted molar refractivity (Wildman–Crippen MR) is 100 cm³/mol. The Hall–Kier alpha value is -1.88. The molecule has 5 heteroatoms. The summed E-state index contributed by atoms with van der Waals surface area (Å²) >= 11 is 0. The second kappa shape index (κ2) is 8.99. The third-order valence-corrected chi connectivity index (χ3v) is 4.38. The number of carbonyl (C=O) groups excluding carboxylic acids is 2. The number of hydrogen-bond donors (Lipinski definition) is 2. The Morgan fingerprint density at radius 3 is 2.40 bits per heavy atom. The van der Waals surface area contributed by atoms with Gasteiger partial charge < -0.3 is 15.5 Å². The molecule has 0 aromatic heterocycles. The van der Waals surface area contributed by atoms with Gasteiger partial charge in [0.2, 0.25) is 11.8 Å². The van der Waals surface area contributed by atoms with E-state index in [4.69, 9.17) is 0 Å². The van der Waals surface area contributed by atoms with Crippen LogP contribution in [0.3, 0.4) is 0 Å². The number of likely N-dealkylation sites (tertiary alicyclic amines) is 1. The molecule has 1 aromatic carbocycles. The van der Waals surface area contributed by atoms with Crippen molar-refractivity contribution in [2.45, 2.75) is 71.1 Å². The van der Waals surface area contributed by atoms with Crippen LogP contribution >= 0.6 is 0 Å². The summed E-state index contributed by atoms with van der Waals surface area (Å²) in [6.07, 6.45) is 2.25. The van der Waals surface area contributed by atoms with Crippen molar-refractivity contribution in [2.75, 3.05) is 6.54 Å². The molecule has 2 amide bonds. The van der Waals surface area contributed by atoms with Gasteiger partial charge in [0, 0.05) is 18.6 Å². The van der Waals surface area contributed by atoms with Crippen molar-refractivity contribution < 1.29 is 9.59 Å². The first kappa shape index (κ1) is 19.4. The van der Waals surface area contributed by atoms with E-state index in [-0.39, 0.29) is 36.0 Å². The molecule has 138 valence electrons. The van der Waals surface area contributed by atoms with E-state index < -0.39 is 0 Å². The van der Waals surface area contributed by atoms with Crippen LogP contribution in [0.15, 0.2) is 30.3 Å². The lowest BCUT2D eigenvalue weighted by Crippen LogP contribution is -2.54. The fourth-order valence-corrected chi connectivity index (χ4v) is 3.35. The van der Waals surface area contributed by atoms with Gasteiger partial charge in [0.25, 0.3) is 0 Å². The first-order valence-electron chi connectivity index (χ1n) is 9.29. The molecule has 1 heterocycles. The molecule has 0 saturated carbocycles. The van der Waals surface area contributed by atoms with Gasteiger partial charge in [-0.25, -0.2) is 0 Å². The highest BCUT2D eigenvalue weighted by Crippen LogP contribution is 2.20. The molecule has 5 nitrogen and oxygen atoms in total. The van der Waals surface area contributed by atoms with Crippen molar-refractivity contribution in [3.63, 3.8) is 0 Å². The van der Waals surface area contributed by atoms with Crippen LogP contribution in [0.2, 0.25) is 0 Å². The Morgan fingerprint density at radius 1 is 1.12 bits per heavy atom. The van der Waals surface area contributed by atoms with Crippen molar-refractivity contribution >= 4 is 11.8 Å². The van der Waals surface area contributed by atoms with E-state index in [0.29, 0.717) is 13.0 Å². The van der Waals surface area contributed by atoms with E-state index in [1.807, 2.05) is 58.0 Å². The molecule has 2 rings (SSSR count). The molecule has 0 radical (unpaired) electrons. The minimum atomic E-state index is -0.345. The molecule has 0 aliphatic carbocycles. The summed E-state index contributed by atoms with van der Waals surface area (Å²) in [5.74, 6) is -0.0113. The molecule has 1 aromatic rings. The van der Waals surface area contributed by atoms with Gasteiger partial charge in [0.05, 0.1) is 6.04 Å². The summed E-state index contributed by atoms with van der Waals surface area (Å²) in [6.45, 7) is 8.62. The molecule has 0 spiro atoms. The molecule has 2 unspecified atom stereocenters. The zero-order valence-electron chi connectivity index (χ0n) is 15.8. The normalized spacial score (nSPS) is 18.6. The van der Waals surface area contributed by atoms with E-state index in [9.17, 15) is 9.59 Å². The summed E-state index contributed by atoms with van der Waals surface area (Å²) in [5.41, 5.74) is 1.12. The Morgan fingerprint density at radius 2 is 1.80 bits per heavy atom. The van der Waals surface area contributed by atoms with Gasteiger partial charge in [-0.05, 0) is 38.7 Å². The standard InChI is InChI=1S/C20H31N3O2/c1-14(2)21-17(13-16-9-6-5-7-10-16)20(25)23-12-8-11-18(23)19(24)22-15(3)4/h5-7,9-10,14-15,17-18,21H,8,11-13H2,1-4H3,(H,22,24). The zero-order chi connectivity index (χ0) is 18.4. The third kappa shape index (κ3) is 5.56. The molecule has 1 fully saturated rings. The van der Waals surface area contributed by atoms with E-state index in [1.54, 1.807) is 4.90 Å². The van der Waals surface area contributed by atoms with Crippen LogP contribution in [-0.2, 0) is 16.0 Å². The Kier molecular flexibility index (Phi) is 7.00. The van der Waals surface area contributed by atoms with Crippen LogP contribution in [-0.4, -0.2) is 47.4 Å².